The van der Waals surface area contributed by atoms with Crippen molar-refractivity contribution in [2.75, 3.05) is 7.05 Å². The Labute approximate surface area is 87.8 Å². The quantitative estimate of drug-likeness (QED) is 0.761. The van der Waals surface area contributed by atoms with E-state index in [-0.39, 0.29) is 0 Å². The Hall–Kier alpha value is -0.740. The van der Waals surface area contributed by atoms with Crippen LogP contribution >= 0.6 is 11.3 Å². The normalized spacial score (nSPS) is 22.1. The zero-order chi connectivity index (χ0) is 9.97. The maximum absolute atomic E-state index is 11.1. The third-order valence-electron chi connectivity index (χ3n) is 2.74. The monoisotopic (exact) mass is 210 g/mol. The molecule has 76 valence electrons. The Kier molecular flexibility index (Phi) is 2.93. The lowest BCUT2D eigenvalue weighted by molar-refractivity contribution is -0.117. The summed E-state index contributed by atoms with van der Waals surface area (Å²) in [5.41, 5.74) is 2.96. The average molecular weight is 210 g/mol. The maximum atomic E-state index is 11.1. The summed E-state index contributed by atoms with van der Waals surface area (Å²) in [5.74, 6) is 0.403. The smallest absolute Gasteiger partial charge is 0.134 e. The van der Waals surface area contributed by atoms with Crippen LogP contribution in [0.3, 0.4) is 0 Å². The highest BCUT2D eigenvalue weighted by atomic mass is 32.1. The molecule has 0 radical (unpaired) electrons. The van der Waals surface area contributed by atoms with Crippen LogP contribution in [0.4, 0.5) is 0 Å². The minimum atomic E-state index is 0.403. The molecule has 2 rings (SSSR count). The van der Waals surface area contributed by atoms with Gasteiger partial charge in [-0.05, 0) is 13.5 Å². The molecule has 0 bridgehead atoms. The molecule has 14 heavy (non-hydrogen) atoms. The lowest BCUT2D eigenvalue weighted by Crippen LogP contribution is -2.29. The van der Waals surface area contributed by atoms with Gasteiger partial charge in [0, 0.05) is 30.8 Å². The fourth-order valence-electron chi connectivity index (χ4n) is 1.87. The first-order valence-electron chi connectivity index (χ1n) is 4.84. The molecule has 1 fully saturated rings. The van der Waals surface area contributed by atoms with Crippen molar-refractivity contribution in [2.24, 2.45) is 0 Å². The van der Waals surface area contributed by atoms with Crippen molar-refractivity contribution in [3.63, 3.8) is 0 Å². The molecular formula is C10H14N2OS. The van der Waals surface area contributed by atoms with Gasteiger partial charge in [0.25, 0.3) is 0 Å². The van der Waals surface area contributed by atoms with Crippen LogP contribution in [0, 0.1) is 0 Å². The molecule has 0 saturated heterocycles. The number of carbonyl (C=O) groups excluding carboxylic acids is 1. The van der Waals surface area contributed by atoms with Crippen molar-refractivity contribution in [1.29, 1.82) is 0 Å². The van der Waals surface area contributed by atoms with Gasteiger partial charge in [-0.25, -0.2) is 4.98 Å². The molecule has 4 heteroatoms. The van der Waals surface area contributed by atoms with E-state index < -0.39 is 0 Å². The first-order valence-corrected chi connectivity index (χ1v) is 5.79. The summed E-state index contributed by atoms with van der Waals surface area (Å²) < 4.78 is 0. The third kappa shape index (κ3) is 2.19. The van der Waals surface area contributed by atoms with E-state index in [4.69, 9.17) is 0 Å². The van der Waals surface area contributed by atoms with E-state index in [1.54, 1.807) is 11.3 Å². The van der Waals surface area contributed by atoms with E-state index in [9.17, 15) is 4.79 Å². The van der Waals surface area contributed by atoms with Crippen LogP contribution in [0.1, 0.15) is 25.0 Å². The van der Waals surface area contributed by atoms with E-state index in [2.05, 4.69) is 22.3 Å². The first kappa shape index (κ1) is 9.80. The van der Waals surface area contributed by atoms with Crippen LogP contribution in [0.5, 0.6) is 0 Å². The minimum Gasteiger partial charge on any atom is -0.300 e. The Morgan fingerprint density at radius 2 is 2.57 bits per heavy atom. The van der Waals surface area contributed by atoms with Crippen LogP contribution in [0.2, 0.25) is 0 Å². The lowest BCUT2D eigenvalue weighted by atomic mass is 10.2. The largest absolute Gasteiger partial charge is 0.300 e. The van der Waals surface area contributed by atoms with E-state index in [0.717, 1.165) is 31.5 Å². The third-order valence-corrected chi connectivity index (χ3v) is 3.37. The van der Waals surface area contributed by atoms with E-state index in [1.165, 1.54) is 0 Å². The predicted octanol–water partition coefficient (Wildman–Crippen LogP) is 1.70. The Balaban J connectivity index is 1.89. The molecule has 3 nitrogen and oxygen atoms in total. The van der Waals surface area contributed by atoms with Gasteiger partial charge in [0.2, 0.25) is 0 Å². The van der Waals surface area contributed by atoms with Gasteiger partial charge < -0.3 is 0 Å². The van der Waals surface area contributed by atoms with Crippen LogP contribution in [0.25, 0.3) is 0 Å². The van der Waals surface area contributed by atoms with Gasteiger partial charge in [-0.1, -0.05) is 0 Å². The van der Waals surface area contributed by atoms with Gasteiger partial charge in [-0.15, -0.1) is 11.3 Å². The molecule has 1 aromatic heterocycles. The van der Waals surface area contributed by atoms with Gasteiger partial charge >= 0.3 is 0 Å². The summed E-state index contributed by atoms with van der Waals surface area (Å²) in [6, 6.07) is 0.434. The van der Waals surface area contributed by atoms with Gasteiger partial charge in [-0.2, -0.15) is 0 Å². The minimum absolute atomic E-state index is 0.403. The Morgan fingerprint density at radius 1 is 1.71 bits per heavy atom. The summed E-state index contributed by atoms with van der Waals surface area (Å²) in [6.45, 7) is 0.863. The number of Topliss-reactive ketones (excluding diaryl/α,β-unsaturated/α-hetero) is 1. The Bertz CT molecular complexity index is 310. The molecule has 0 spiro atoms. The molecule has 0 aliphatic heterocycles. The van der Waals surface area contributed by atoms with Crippen molar-refractivity contribution >= 4 is 17.1 Å². The molecule has 1 aliphatic carbocycles. The molecule has 0 aromatic carbocycles. The van der Waals surface area contributed by atoms with Crippen LogP contribution in [-0.4, -0.2) is 28.8 Å². The SMILES string of the molecule is CN(Cc1cscn1)C1CCC(=O)C1. The molecule has 0 amide bonds. The summed E-state index contributed by atoms with van der Waals surface area (Å²) in [5, 5.41) is 2.06. The lowest BCUT2D eigenvalue weighted by Gasteiger charge is -2.22. The van der Waals surface area contributed by atoms with Gasteiger partial charge in [0.05, 0.1) is 11.2 Å². The summed E-state index contributed by atoms with van der Waals surface area (Å²) in [4.78, 5) is 17.6. The molecule has 1 saturated carbocycles. The number of aromatic nitrogens is 1. The summed E-state index contributed by atoms with van der Waals surface area (Å²) in [7, 11) is 2.07. The number of thiazole rings is 1. The molecule has 1 unspecified atom stereocenters. The number of carbonyl (C=O) groups is 1. The number of ketones is 1. The van der Waals surface area contributed by atoms with Gasteiger partial charge in [-0.3, -0.25) is 9.69 Å². The number of hydrogen-bond donors (Lipinski definition) is 0. The highest BCUT2D eigenvalue weighted by Gasteiger charge is 2.25. The number of nitrogens with zero attached hydrogens (tertiary/aromatic N) is 2. The van der Waals surface area contributed by atoms with Crippen LogP contribution < -0.4 is 0 Å². The van der Waals surface area contributed by atoms with Crippen molar-refractivity contribution in [1.82, 2.24) is 9.88 Å². The predicted molar refractivity (Wildman–Crippen MR) is 56.2 cm³/mol. The molecule has 1 atom stereocenters. The molecule has 1 aromatic rings. The fourth-order valence-corrected chi connectivity index (χ4v) is 2.42. The van der Waals surface area contributed by atoms with Crippen LogP contribution in [-0.2, 0) is 11.3 Å². The molecule has 1 heterocycles. The summed E-state index contributed by atoms with van der Waals surface area (Å²) in [6.07, 6.45) is 2.49. The standard InChI is InChI=1S/C10H14N2OS/c1-12(5-8-6-14-7-11-8)9-2-3-10(13)4-9/h6-7,9H,2-5H2,1H3. The first-order chi connectivity index (χ1) is 6.75. The number of rotatable bonds is 3. The van der Waals surface area contributed by atoms with E-state index in [0.29, 0.717) is 11.8 Å². The van der Waals surface area contributed by atoms with Crippen molar-refractivity contribution in [3.8, 4) is 0 Å². The zero-order valence-electron chi connectivity index (χ0n) is 8.27. The van der Waals surface area contributed by atoms with Crippen molar-refractivity contribution < 1.29 is 4.79 Å². The van der Waals surface area contributed by atoms with E-state index in [1.807, 2.05) is 5.51 Å². The second-order valence-corrected chi connectivity index (χ2v) is 4.55. The highest BCUT2D eigenvalue weighted by Crippen LogP contribution is 2.21. The van der Waals surface area contributed by atoms with Crippen LogP contribution in [0.15, 0.2) is 10.9 Å². The van der Waals surface area contributed by atoms with Gasteiger partial charge in [0.15, 0.2) is 0 Å². The molecule has 0 N–H and O–H groups in total. The average Bonchev–Trinajstić information content (AvgIpc) is 2.75. The second-order valence-electron chi connectivity index (χ2n) is 3.83. The van der Waals surface area contributed by atoms with Crippen molar-refractivity contribution in [2.45, 2.75) is 31.8 Å². The van der Waals surface area contributed by atoms with Gasteiger partial charge in [0.1, 0.15) is 5.78 Å². The summed E-state index contributed by atoms with van der Waals surface area (Å²) >= 11 is 1.62. The van der Waals surface area contributed by atoms with E-state index >= 15 is 0 Å². The zero-order valence-corrected chi connectivity index (χ0v) is 9.09. The molecule has 1 aliphatic rings. The highest BCUT2D eigenvalue weighted by molar-refractivity contribution is 7.07. The second kappa shape index (κ2) is 4.19. The molecular weight excluding hydrogens is 196 g/mol. The maximum Gasteiger partial charge on any atom is 0.134 e. The fraction of sp³-hybridized carbons (Fsp3) is 0.600. The van der Waals surface area contributed by atoms with Crippen molar-refractivity contribution in [3.05, 3.63) is 16.6 Å². The number of hydrogen-bond acceptors (Lipinski definition) is 4. The Morgan fingerprint density at radius 3 is 3.14 bits per heavy atom. The topological polar surface area (TPSA) is 33.2 Å².